The minimum atomic E-state index is -2.95. The van der Waals surface area contributed by atoms with Gasteiger partial charge in [0.25, 0.3) is 17.7 Å². The van der Waals surface area contributed by atoms with Gasteiger partial charge in [-0.2, -0.15) is 0 Å². The SMILES string of the molecule is CCON(c1cc(C(=O)NC2CC2(F)F)ncc1C(N)=O)c1cccc(-c2ncccn2)c1OC. The molecule has 1 aliphatic rings. The number of anilines is 2. The summed E-state index contributed by atoms with van der Waals surface area (Å²) in [7, 11) is 1.45. The zero-order chi connectivity index (χ0) is 25.2. The molecule has 1 atom stereocenters. The number of benzene rings is 1. The van der Waals surface area contributed by atoms with Crippen molar-refractivity contribution in [2.45, 2.75) is 25.3 Å². The molecule has 0 saturated heterocycles. The van der Waals surface area contributed by atoms with Crippen molar-refractivity contribution >= 4 is 23.2 Å². The fraction of sp³-hybridized carbons (Fsp3) is 0.261. The van der Waals surface area contributed by atoms with Crippen LogP contribution in [0.15, 0.2) is 48.9 Å². The Kier molecular flexibility index (Phi) is 6.56. The highest BCUT2D eigenvalue weighted by molar-refractivity contribution is 6.02. The average Bonchev–Trinajstić information content (AvgIpc) is 3.47. The van der Waals surface area contributed by atoms with Crippen molar-refractivity contribution < 1.29 is 27.9 Å². The minimum Gasteiger partial charge on any atom is -0.494 e. The number of carbonyl (C=O) groups excluding carboxylic acids is 2. The number of pyridine rings is 1. The zero-order valence-corrected chi connectivity index (χ0v) is 18.9. The van der Waals surface area contributed by atoms with Crippen molar-refractivity contribution in [3.05, 3.63) is 60.2 Å². The smallest absolute Gasteiger partial charge is 0.270 e. The number of nitrogens with one attached hydrogen (secondary N) is 1. The second-order valence-electron chi connectivity index (χ2n) is 7.58. The second kappa shape index (κ2) is 9.58. The van der Waals surface area contributed by atoms with Crippen LogP contribution in [0.4, 0.5) is 20.2 Å². The van der Waals surface area contributed by atoms with Gasteiger partial charge in [0.05, 0.1) is 36.6 Å². The third-order valence-corrected chi connectivity index (χ3v) is 5.21. The summed E-state index contributed by atoms with van der Waals surface area (Å²) < 4.78 is 32.2. The summed E-state index contributed by atoms with van der Waals surface area (Å²) in [5, 5.41) is 3.51. The van der Waals surface area contributed by atoms with Gasteiger partial charge in [-0.25, -0.2) is 23.8 Å². The topological polar surface area (TPSA) is 133 Å². The van der Waals surface area contributed by atoms with Crippen LogP contribution in [0.3, 0.4) is 0 Å². The molecule has 1 aromatic carbocycles. The van der Waals surface area contributed by atoms with Crippen LogP contribution >= 0.6 is 0 Å². The van der Waals surface area contributed by atoms with Crippen LogP contribution in [0, 0.1) is 0 Å². The van der Waals surface area contributed by atoms with Crippen molar-refractivity contribution in [2.24, 2.45) is 5.73 Å². The van der Waals surface area contributed by atoms with Gasteiger partial charge in [0, 0.05) is 25.0 Å². The highest BCUT2D eigenvalue weighted by Gasteiger charge is 2.58. The van der Waals surface area contributed by atoms with Gasteiger partial charge in [-0.3, -0.25) is 19.4 Å². The number of nitrogens with two attached hydrogens (primary N) is 1. The number of ether oxygens (including phenoxy) is 1. The number of methoxy groups -OCH3 is 1. The van der Waals surface area contributed by atoms with E-state index in [9.17, 15) is 18.4 Å². The van der Waals surface area contributed by atoms with Gasteiger partial charge in [0.2, 0.25) is 0 Å². The van der Waals surface area contributed by atoms with Gasteiger partial charge in [-0.1, -0.05) is 6.07 Å². The van der Waals surface area contributed by atoms with Crippen molar-refractivity contribution in [3.63, 3.8) is 0 Å². The first kappa shape index (κ1) is 24.0. The number of aromatic nitrogens is 3. The number of halogens is 2. The lowest BCUT2D eigenvalue weighted by Crippen LogP contribution is -2.31. The predicted octanol–water partition coefficient (Wildman–Crippen LogP) is 2.87. The minimum absolute atomic E-state index is 0.0600. The van der Waals surface area contributed by atoms with E-state index in [0.717, 1.165) is 6.20 Å². The molecule has 0 bridgehead atoms. The number of carbonyl (C=O) groups is 2. The molecule has 35 heavy (non-hydrogen) atoms. The molecule has 10 nitrogen and oxygen atoms in total. The summed E-state index contributed by atoms with van der Waals surface area (Å²) in [6.45, 7) is 1.88. The second-order valence-corrected chi connectivity index (χ2v) is 7.58. The number of hydrogen-bond donors (Lipinski definition) is 2. The van der Waals surface area contributed by atoms with Crippen LogP contribution in [0.2, 0.25) is 0 Å². The van der Waals surface area contributed by atoms with Crippen LogP contribution in [0.5, 0.6) is 5.75 Å². The van der Waals surface area contributed by atoms with E-state index in [-0.39, 0.29) is 23.6 Å². The van der Waals surface area contributed by atoms with E-state index in [1.54, 1.807) is 43.6 Å². The maximum atomic E-state index is 13.3. The van der Waals surface area contributed by atoms with E-state index in [1.807, 2.05) is 0 Å². The first-order chi connectivity index (χ1) is 16.8. The molecule has 0 spiro atoms. The lowest BCUT2D eigenvalue weighted by molar-refractivity contribution is 0.0845. The first-order valence-electron chi connectivity index (χ1n) is 10.6. The average molecular weight is 484 g/mol. The third-order valence-electron chi connectivity index (χ3n) is 5.21. The molecule has 3 aromatic rings. The third kappa shape index (κ3) is 4.87. The Labute approximate surface area is 199 Å². The Bertz CT molecular complexity index is 1260. The van der Waals surface area contributed by atoms with E-state index in [1.165, 1.54) is 18.2 Å². The summed E-state index contributed by atoms with van der Waals surface area (Å²) in [6, 6.07) is 6.78. The first-order valence-corrected chi connectivity index (χ1v) is 10.6. The normalized spacial score (nSPS) is 15.8. The molecule has 3 N–H and O–H groups in total. The Morgan fingerprint density at radius 1 is 1.20 bits per heavy atom. The largest absolute Gasteiger partial charge is 0.494 e. The summed E-state index contributed by atoms with van der Waals surface area (Å²) in [5.74, 6) is -3.89. The Morgan fingerprint density at radius 2 is 1.91 bits per heavy atom. The van der Waals surface area contributed by atoms with Crippen LogP contribution in [0.25, 0.3) is 11.4 Å². The van der Waals surface area contributed by atoms with E-state index in [0.29, 0.717) is 22.8 Å². The van der Waals surface area contributed by atoms with E-state index >= 15 is 0 Å². The monoisotopic (exact) mass is 484 g/mol. The van der Waals surface area contributed by atoms with Crippen LogP contribution in [-0.2, 0) is 4.84 Å². The van der Waals surface area contributed by atoms with E-state index < -0.39 is 30.2 Å². The van der Waals surface area contributed by atoms with Gasteiger partial charge in [0.15, 0.2) is 11.6 Å². The standard InChI is InChI=1S/C23H22F2N6O4/c1-3-35-31(16-7-4-6-13(19(16)34-2)21-27-8-5-9-28-21)17-10-15(29-12-14(17)20(26)32)22(33)30-18-11-23(18,24)25/h4-10,12,18H,3,11H2,1-2H3,(H2,26,32)(H,30,33). The highest BCUT2D eigenvalue weighted by Crippen LogP contribution is 2.43. The lowest BCUT2D eigenvalue weighted by Gasteiger charge is -2.27. The number of hydrogen-bond acceptors (Lipinski definition) is 8. The molecule has 2 heterocycles. The summed E-state index contributed by atoms with van der Waals surface area (Å²) in [4.78, 5) is 43.1. The van der Waals surface area contributed by atoms with E-state index in [2.05, 4.69) is 20.3 Å². The van der Waals surface area contributed by atoms with Crippen molar-refractivity contribution in [1.82, 2.24) is 20.3 Å². The maximum absolute atomic E-state index is 13.3. The number of primary amides is 1. The number of amides is 2. The summed E-state index contributed by atoms with van der Waals surface area (Å²) in [6.07, 6.45) is 3.82. The van der Waals surface area contributed by atoms with Gasteiger partial charge in [-0.15, -0.1) is 0 Å². The zero-order valence-electron chi connectivity index (χ0n) is 18.9. The molecule has 12 heteroatoms. The van der Waals surface area contributed by atoms with Crippen molar-refractivity contribution in [3.8, 4) is 17.1 Å². The number of nitrogens with zero attached hydrogens (tertiary/aromatic N) is 4. The molecular weight excluding hydrogens is 462 g/mol. The molecule has 182 valence electrons. The van der Waals surface area contributed by atoms with Crippen LogP contribution in [0.1, 0.15) is 34.2 Å². The molecule has 2 aromatic heterocycles. The molecule has 4 rings (SSSR count). The van der Waals surface area contributed by atoms with Gasteiger partial charge in [0.1, 0.15) is 11.4 Å². The number of para-hydroxylation sites is 1. The predicted molar refractivity (Wildman–Crippen MR) is 121 cm³/mol. The van der Waals surface area contributed by atoms with Gasteiger partial charge >= 0.3 is 0 Å². The molecule has 1 fully saturated rings. The highest BCUT2D eigenvalue weighted by atomic mass is 19.3. The summed E-state index contributed by atoms with van der Waals surface area (Å²) >= 11 is 0. The fourth-order valence-electron chi connectivity index (χ4n) is 3.44. The molecule has 0 radical (unpaired) electrons. The van der Waals surface area contributed by atoms with Crippen LogP contribution in [-0.4, -0.2) is 52.4 Å². The van der Waals surface area contributed by atoms with Gasteiger partial charge < -0.3 is 15.8 Å². The summed E-state index contributed by atoms with van der Waals surface area (Å²) in [5.41, 5.74) is 6.27. The Morgan fingerprint density at radius 3 is 2.51 bits per heavy atom. The molecule has 0 aliphatic heterocycles. The molecule has 1 saturated carbocycles. The van der Waals surface area contributed by atoms with Crippen molar-refractivity contribution in [1.29, 1.82) is 0 Å². The molecule has 1 aliphatic carbocycles. The maximum Gasteiger partial charge on any atom is 0.270 e. The van der Waals surface area contributed by atoms with E-state index in [4.69, 9.17) is 15.3 Å². The number of alkyl halides is 2. The molecule has 1 unspecified atom stereocenters. The molecular formula is C23H22F2N6O4. The lowest BCUT2D eigenvalue weighted by atomic mass is 10.1. The Hall–Kier alpha value is -4.19. The number of rotatable bonds is 9. The Balaban J connectivity index is 1.81. The quantitative estimate of drug-likeness (QED) is 0.443. The van der Waals surface area contributed by atoms with Gasteiger partial charge in [-0.05, 0) is 31.2 Å². The van der Waals surface area contributed by atoms with Crippen molar-refractivity contribution in [2.75, 3.05) is 18.8 Å². The molecule has 2 amide bonds. The fourth-order valence-corrected chi connectivity index (χ4v) is 3.44. The van der Waals surface area contributed by atoms with Crippen LogP contribution < -0.4 is 20.9 Å².